The minimum atomic E-state index is -0.480. The van der Waals surface area contributed by atoms with Crippen molar-refractivity contribution in [3.63, 3.8) is 0 Å². The zero-order chi connectivity index (χ0) is 15.1. The topological polar surface area (TPSA) is 64.3 Å². The molecule has 1 amide bonds. The highest BCUT2D eigenvalue weighted by Crippen LogP contribution is 2.43. The third-order valence-electron chi connectivity index (χ3n) is 4.52. The lowest BCUT2D eigenvalue weighted by molar-refractivity contribution is -0.123. The molecule has 0 heterocycles. The fourth-order valence-corrected chi connectivity index (χ4v) is 2.88. The molecule has 0 bridgehead atoms. The monoisotopic (exact) mass is 290 g/mol. The zero-order valence-electron chi connectivity index (χ0n) is 12.8. The van der Waals surface area contributed by atoms with Crippen molar-refractivity contribution in [1.29, 1.82) is 0 Å². The summed E-state index contributed by atoms with van der Waals surface area (Å²) in [6, 6.07) is 9.41. The number of carbonyl (C=O) groups excluding carboxylic acids is 1. The number of nitrogens with two attached hydrogens (primary N) is 1. The molecular formula is C17H26N2O2. The second kappa shape index (κ2) is 7.57. The fraction of sp³-hybridized carbons (Fsp3) is 0.588. The number of ether oxygens (including phenoxy) is 1. The van der Waals surface area contributed by atoms with Gasteiger partial charge in [-0.15, -0.1) is 0 Å². The maximum Gasteiger partial charge on any atom is 0.237 e. The summed E-state index contributed by atoms with van der Waals surface area (Å²) in [5.41, 5.74) is 7.33. The van der Waals surface area contributed by atoms with E-state index in [-0.39, 0.29) is 11.3 Å². The molecule has 4 heteroatoms. The van der Waals surface area contributed by atoms with E-state index >= 15 is 0 Å². The van der Waals surface area contributed by atoms with Crippen LogP contribution in [0.25, 0.3) is 0 Å². The Kier molecular flexibility index (Phi) is 5.76. The smallest absolute Gasteiger partial charge is 0.237 e. The van der Waals surface area contributed by atoms with Crippen LogP contribution < -0.4 is 11.1 Å². The van der Waals surface area contributed by atoms with Crippen molar-refractivity contribution in [2.24, 2.45) is 11.1 Å². The summed E-state index contributed by atoms with van der Waals surface area (Å²) in [5.74, 6) is -0.0532. The number of benzene rings is 1. The van der Waals surface area contributed by atoms with Crippen LogP contribution in [-0.4, -0.2) is 32.2 Å². The molecule has 1 aromatic rings. The van der Waals surface area contributed by atoms with E-state index in [0.29, 0.717) is 6.42 Å². The third-order valence-corrected chi connectivity index (χ3v) is 4.52. The van der Waals surface area contributed by atoms with Gasteiger partial charge in [0.1, 0.15) is 0 Å². The lowest BCUT2D eigenvalue weighted by atomic mass is 9.66. The van der Waals surface area contributed by atoms with Gasteiger partial charge in [0.15, 0.2) is 0 Å². The van der Waals surface area contributed by atoms with Crippen LogP contribution in [0.3, 0.4) is 0 Å². The van der Waals surface area contributed by atoms with Crippen LogP contribution in [0.15, 0.2) is 30.3 Å². The molecule has 0 radical (unpaired) electrons. The van der Waals surface area contributed by atoms with Gasteiger partial charge in [-0.05, 0) is 36.7 Å². The SMILES string of the molecule is COCCC1(CNC(=O)[C@@H](N)Cc2ccccc2)CCC1. The standard InChI is InChI=1S/C17H26N2O2/c1-21-11-10-17(8-5-9-17)13-19-16(20)15(18)12-14-6-3-2-4-7-14/h2-4,6-7,15H,5,8-13,18H2,1H3,(H,19,20)/t15-/m0/s1. The summed E-state index contributed by atoms with van der Waals surface area (Å²) in [5, 5.41) is 3.03. The van der Waals surface area contributed by atoms with E-state index in [9.17, 15) is 4.79 Å². The predicted octanol–water partition coefficient (Wildman–Crippen LogP) is 1.88. The fourth-order valence-electron chi connectivity index (χ4n) is 2.88. The molecule has 0 spiro atoms. The Morgan fingerprint density at radius 2 is 2.10 bits per heavy atom. The van der Waals surface area contributed by atoms with E-state index in [1.54, 1.807) is 7.11 Å². The summed E-state index contributed by atoms with van der Waals surface area (Å²) in [6.07, 6.45) is 5.18. The first-order valence-electron chi connectivity index (χ1n) is 7.71. The average Bonchev–Trinajstić information content (AvgIpc) is 2.46. The molecular weight excluding hydrogens is 264 g/mol. The van der Waals surface area contributed by atoms with Crippen LogP contribution >= 0.6 is 0 Å². The van der Waals surface area contributed by atoms with Crippen molar-refractivity contribution in [1.82, 2.24) is 5.32 Å². The van der Waals surface area contributed by atoms with E-state index < -0.39 is 6.04 Å². The number of carbonyl (C=O) groups is 1. The second-order valence-corrected chi connectivity index (χ2v) is 6.11. The first-order chi connectivity index (χ1) is 10.2. The highest BCUT2D eigenvalue weighted by atomic mass is 16.5. The molecule has 0 aliphatic heterocycles. The molecule has 1 fully saturated rings. The molecule has 3 N–H and O–H groups in total. The van der Waals surface area contributed by atoms with Crippen molar-refractivity contribution in [3.05, 3.63) is 35.9 Å². The van der Waals surface area contributed by atoms with Gasteiger partial charge in [-0.1, -0.05) is 36.8 Å². The van der Waals surface area contributed by atoms with E-state index in [1.807, 2.05) is 30.3 Å². The maximum absolute atomic E-state index is 12.1. The molecule has 1 saturated carbocycles. The number of amides is 1. The van der Waals surface area contributed by atoms with Gasteiger partial charge in [0.2, 0.25) is 5.91 Å². The largest absolute Gasteiger partial charge is 0.385 e. The number of nitrogens with one attached hydrogen (secondary N) is 1. The normalized spacial score (nSPS) is 17.8. The zero-order valence-corrected chi connectivity index (χ0v) is 12.8. The van der Waals surface area contributed by atoms with Gasteiger partial charge < -0.3 is 15.8 Å². The molecule has 0 aromatic heterocycles. The van der Waals surface area contributed by atoms with E-state index in [4.69, 9.17) is 10.5 Å². The summed E-state index contributed by atoms with van der Waals surface area (Å²) in [4.78, 5) is 12.1. The van der Waals surface area contributed by atoms with Gasteiger partial charge in [0.05, 0.1) is 6.04 Å². The minimum absolute atomic E-state index is 0.0532. The van der Waals surface area contributed by atoms with Crippen LogP contribution in [0, 0.1) is 5.41 Å². The van der Waals surface area contributed by atoms with E-state index in [2.05, 4.69) is 5.32 Å². The summed E-state index contributed by atoms with van der Waals surface area (Å²) < 4.78 is 5.17. The summed E-state index contributed by atoms with van der Waals surface area (Å²) in [6.45, 7) is 1.48. The number of hydrogen-bond acceptors (Lipinski definition) is 3. The Bertz CT molecular complexity index is 443. The van der Waals surface area contributed by atoms with Gasteiger partial charge >= 0.3 is 0 Å². The molecule has 1 aliphatic rings. The van der Waals surface area contributed by atoms with Gasteiger partial charge in [0, 0.05) is 20.3 Å². The third kappa shape index (κ3) is 4.55. The Balaban J connectivity index is 1.78. The Morgan fingerprint density at radius 1 is 1.38 bits per heavy atom. The van der Waals surface area contributed by atoms with Crippen molar-refractivity contribution >= 4 is 5.91 Å². The van der Waals surface area contributed by atoms with Gasteiger partial charge in [-0.25, -0.2) is 0 Å². The van der Waals surface area contributed by atoms with Gasteiger partial charge in [-0.3, -0.25) is 4.79 Å². The van der Waals surface area contributed by atoms with Crippen LogP contribution in [0.4, 0.5) is 0 Å². The Hall–Kier alpha value is -1.39. The molecule has 21 heavy (non-hydrogen) atoms. The number of hydrogen-bond donors (Lipinski definition) is 2. The highest BCUT2D eigenvalue weighted by molar-refractivity contribution is 5.81. The summed E-state index contributed by atoms with van der Waals surface area (Å²) >= 11 is 0. The second-order valence-electron chi connectivity index (χ2n) is 6.11. The van der Waals surface area contributed by atoms with Crippen LogP contribution in [0.1, 0.15) is 31.2 Å². The van der Waals surface area contributed by atoms with Gasteiger partial charge in [0.25, 0.3) is 0 Å². The lowest BCUT2D eigenvalue weighted by Crippen LogP contribution is -2.48. The lowest BCUT2D eigenvalue weighted by Gasteiger charge is -2.42. The molecule has 1 aliphatic carbocycles. The molecule has 116 valence electrons. The maximum atomic E-state index is 12.1. The summed E-state index contributed by atoms with van der Waals surface area (Å²) in [7, 11) is 1.72. The Labute approximate surface area is 127 Å². The minimum Gasteiger partial charge on any atom is -0.385 e. The van der Waals surface area contributed by atoms with E-state index in [0.717, 1.165) is 25.1 Å². The highest BCUT2D eigenvalue weighted by Gasteiger charge is 2.36. The first-order valence-corrected chi connectivity index (χ1v) is 7.71. The number of rotatable bonds is 8. The quantitative estimate of drug-likeness (QED) is 0.768. The van der Waals surface area contributed by atoms with Gasteiger partial charge in [-0.2, -0.15) is 0 Å². The Morgan fingerprint density at radius 3 is 2.67 bits per heavy atom. The van der Waals surface area contributed by atoms with E-state index in [1.165, 1.54) is 19.3 Å². The first kappa shape index (κ1) is 16.0. The molecule has 0 saturated heterocycles. The molecule has 2 rings (SSSR count). The molecule has 4 nitrogen and oxygen atoms in total. The molecule has 0 unspecified atom stereocenters. The number of methoxy groups -OCH3 is 1. The average molecular weight is 290 g/mol. The molecule has 1 atom stereocenters. The van der Waals surface area contributed by atoms with Crippen molar-refractivity contribution in [3.8, 4) is 0 Å². The molecule has 1 aromatic carbocycles. The predicted molar refractivity (Wildman–Crippen MR) is 83.9 cm³/mol. The van der Waals surface area contributed by atoms with Crippen molar-refractivity contribution in [2.75, 3.05) is 20.3 Å². The van der Waals surface area contributed by atoms with Crippen LogP contribution in [0.2, 0.25) is 0 Å². The van der Waals surface area contributed by atoms with Crippen LogP contribution in [0.5, 0.6) is 0 Å². The van der Waals surface area contributed by atoms with Crippen molar-refractivity contribution in [2.45, 2.75) is 38.1 Å². The van der Waals surface area contributed by atoms with Crippen molar-refractivity contribution < 1.29 is 9.53 Å². The van der Waals surface area contributed by atoms with Crippen LogP contribution in [-0.2, 0) is 16.0 Å².